The molecule has 1 aromatic carbocycles. The fourth-order valence-electron chi connectivity index (χ4n) is 3.88. The molecule has 1 saturated carbocycles. The molecule has 0 bridgehead atoms. The Bertz CT molecular complexity index is 467. The molecule has 2 atom stereocenters. The molecule has 2 rings (SSSR count). The first-order valence-electron chi connectivity index (χ1n) is 8.42. The Hall–Kier alpha value is -0.890. The Morgan fingerprint density at radius 2 is 2.14 bits per heavy atom. The third kappa shape index (κ3) is 4.06. The largest absolute Gasteiger partial charge is 0.313 e. The van der Waals surface area contributed by atoms with Crippen molar-refractivity contribution in [3.63, 3.8) is 0 Å². The summed E-state index contributed by atoms with van der Waals surface area (Å²) in [5, 5.41) is 3.74. The lowest BCUT2D eigenvalue weighted by molar-refractivity contribution is 0.195. The van der Waals surface area contributed by atoms with Gasteiger partial charge in [-0.15, -0.1) is 0 Å². The summed E-state index contributed by atoms with van der Waals surface area (Å²) in [4.78, 5) is 0. The van der Waals surface area contributed by atoms with Gasteiger partial charge in [-0.3, -0.25) is 0 Å². The van der Waals surface area contributed by atoms with Crippen molar-refractivity contribution in [3.8, 4) is 0 Å². The third-order valence-corrected chi connectivity index (χ3v) is 5.23. The van der Waals surface area contributed by atoms with Crippen molar-refractivity contribution in [2.24, 2.45) is 11.3 Å². The van der Waals surface area contributed by atoms with Gasteiger partial charge in [-0.25, -0.2) is 4.39 Å². The topological polar surface area (TPSA) is 12.0 Å². The van der Waals surface area contributed by atoms with Crippen molar-refractivity contribution in [1.29, 1.82) is 0 Å². The molecule has 1 nitrogen and oxygen atoms in total. The van der Waals surface area contributed by atoms with Crippen LogP contribution in [0.4, 0.5) is 4.39 Å². The van der Waals surface area contributed by atoms with Crippen LogP contribution < -0.4 is 5.32 Å². The lowest BCUT2D eigenvalue weighted by Crippen LogP contribution is -2.42. The van der Waals surface area contributed by atoms with Gasteiger partial charge in [0.25, 0.3) is 0 Å². The summed E-state index contributed by atoms with van der Waals surface area (Å²) < 4.78 is 13.6. The zero-order chi connectivity index (χ0) is 15.5. The van der Waals surface area contributed by atoms with E-state index in [2.05, 4.69) is 33.0 Å². The van der Waals surface area contributed by atoms with Crippen LogP contribution in [0.2, 0.25) is 0 Å². The molecule has 0 aromatic heterocycles. The average molecular weight is 291 g/mol. The fraction of sp³-hybridized carbons (Fsp3) is 0.684. The number of hydrogen-bond acceptors (Lipinski definition) is 1. The highest BCUT2D eigenvalue weighted by molar-refractivity contribution is 5.27. The van der Waals surface area contributed by atoms with Gasteiger partial charge < -0.3 is 5.32 Å². The maximum Gasteiger partial charge on any atom is 0.123 e. The van der Waals surface area contributed by atoms with Crippen LogP contribution in [-0.4, -0.2) is 12.6 Å². The van der Waals surface area contributed by atoms with Gasteiger partial charge in [0.05, 0.1) is 0 Å². The molecular weight excluding hydrogens is 261 g/mol. The van der Waals surface area contributed by atoms with Crippen LogP contribution in [0, 0.1) is 24.1 Å². The molecule has 0 saturated heterocycles. The lowest BCUT2D eigenvalue weighted by atomic mass is 9.75. The number of nitrogens with one attached hydrogen (secondary N) is 1. The summed E-state index contributed by atoms with van der Waals surface area (Å²) in [6.07, 6.45) is 6.01. The van der Waals surface area contributed by atoms with Crippen LogP contribution in [0.15, 0.2) is 18.2 Å². The van der Waals surface area contributed by atoms with Crippen LogP contribution in [0.1, 0.15) is 57.6 Å². The molecule has 1 fully saturated rings. The first-order valence-corrected chi connectivity index (χ1v) is 8.42. The van der Waals surface area contributed by atoms with Crippen molar-refractivity contribution in [3.05, 3.63) is 35.1 Å². The van der Waals surface area contributed by atoms with Crippen molar-refractivity contribution >= 4 is 0 Å². The van der Waals surface area contributed by atoms with Gasteiger partial charge in [0.2, 0.25) is 0 Å². The highest BCUT2D eigenvalue weighted by Crippen LogP contribution is 2.45. The van der Waals surface area contributed by atoms with Crippen molar-refractivity contribution < 1.29 is 4.39 Å². The number of rotatable bonds is 6. The second kappa shape index (κ2) is 6.91. The molecule has 0 aliphatic heterocycles. The quantitative estimate of drug-likeness (QED) is 0.788. The van der Waals surface area contributed by atoms with Crippen LogP contribution in [0.5, 0.6) is 0 Å². The molecule has 1 aliphatic carbocycles. The molecule has 1 N–H and O–H groups in total. The molecule has 118 valence electrons. The monoisotopic (exact) mass is 291 g/mol. The van der Waals surface area contributed by atoms with Crippen LogP contribution in [-0.2, 0) is 6.42 Å². The minimum Gasteiger partial charge on any atom is -0.313 e. The molecule has 0 spiro atoms. The summed E-state index contributed by atoms with van der Waals surface area (Å²) in [5.41, 5.74) is 2.76. The SMILES string of the molecule is CCCNC(Cc1cc(F)ccc1C)C1CCCC1(C)C. The summed E-state index contributed by atoms with van der Waals surface area (Å²) in [7, 11) is 0. The summed E-state index contributed by atoms with van der Waals surface area (Å²) >= 11 is 0. The highest BCUT2D eigenvalue weighted by atomic mass is 19.1. The maximum absolute atomic E-state index is 13.6. The molecule has 0 heterocycles. The second-order valence-electron chi connectivity index (χ2n) is 7.32. The number of halogens is 1. The second-order valence-corrected chi connectivity index (χ2v) is 7.32. The van der Waals surface area contributed by atoms with Crippen molar-refractivity contribution in [2.45, 2.75) is 65.8 Å². The highest BCUT2D eigenvalue weighted by Gasteiger charge is 2.39. The van der Waals surface area contributed by atoms with Gasteiger partial charge in [-0.2, -0.15) is 0 Å². The first-order chi connectivity index (χ1) is 9.94. The fourth-order valence-corrected chi connectivity index (χ4v) is 3.88. The van der Waals surface area contributed by atoms with Gasteiger partial charge in [0, 0.05) is 6.04 Å². The molecule has 21 heavy (non-hydrogen) atoms. The van der Waals surface area contributed by atoms with Gasteiger partial charge in [-0.05, 0) is 73.7 Å². The summed E-state index contributed by atoms with van der Waals surface area (Å²) in [6, 6.07) is 5.65. The van der Waals surface area contributed by atoms with Crippen LogP contribution in [0.3, 0.4) is 0 Å². The zero-order valence-electron chi connectivity index (χ0n) is 14.0. The van der Waals surface area contributed by atoms with Gasteiger partial charge in [0.15, 0.2) is 0 Å². The predicted molar refractivity (Wildman–Crippen MR) is 88.0 cm³/mol. The molecular formula is C19H30FN. The lowest BCUT2D eigenvalue weighted by Gasteiger charge is -2.35. The molecule has 2 heteroatoms. The Balaban J connectivity index is 2.18. The van der Waals surface area contributed by atoms with Gasteiger partial charge in [-0.1, -0.05) is 33.3 Å². The Morgan fingerprint density at radius 3 is 2.76 bits per heavy atom. The maximum atomic E-state index is 13.6. The predicted octanol–water partition coefficient (Wildman–Crippen LogP) is 4.87. The van der Waals surface area contributed by atoms with Crippen molar-refractivity contribution in [2.75, 3.05) is 6.54 Å². The summed E-state index contributed by atoms with van der Waals surface area (Å²) in [6.45, 7) is 10.1. The van der Waals surface area contributed by atoms with E-state index < -0.39 is 0 Å². The number of hydrogen-bond donors (Lipinski definition) is 1. The van der Waals surface area contributed by atoms with Gasteiger partial charge in [0.1, 0.15) is 5.82 Å². The Morgan fingerprint density at radius 1 is 1.38 bits per heavy atom. The van der Waals surface area contributed by atoms with E-state index in [0.29, 0.717) is 17.4 Å². The normalized spacial score (nSPS) is 22.4. The molecule has 2 unspecified atom stereocenters. The smallest absolute Gasteiger partial charge is 0.123 e. The van der Waals surface area contributed by atoms with E-state index in [9.17, 15) is 4.39 Å². The summed E-state index contributed by atoms with van der Waals surface area (Å²) in [5.74, 6) is 0.572. The van der Waals surface area contributed by atoms with E-state index in [-0.39, 0.29) is 5.82 Å². The van der Waals surface area contributed by atoms with E-state index >= 15 is 0 Å². The molecule has 0 radical (unpaired) electrons. The van der Waals surface area contributed by atoms with E-state index in [1.807, 2.05) is 6.07 Å². The Labute approximate surface area is 129 Å². The van der Waals surface area contributed by atoms with E-state index in [1.54, 1.807) is 12.1 Å². The molecule has 1 aromatic rings. The minimum atomic E-state index is -0.115. The number of aryl methyl sites for hydroxylation is 1. The van der Waals surface area contributed by atoms with E-state index in [1.165, 1.54) is 24.8 Å². The Kier molecular flexibility index (Phi) is 5.43. The van der Waals surface area contributed by atoms with Crippen molar-refractivity contribution in [1.82, 2.24) is 5.32 Å². The molecule has 1 aliphatic rings. The molecule has 0 amide bonds. The van der Waals surface area contributed by atoms with E-state index in [4.69, 9.17) is 0 Å². The average Bonchev–Trinajstić information content (AvgIpc) is 2.78. The first kappa shape index (κ1) is 16.5. The number of benzene rings is 1. The van der Waals surface area contributed by atoms with Gasteiger partial charge >= 0.3 is 0 Å². The standard InChI is InChI=1S/C19H30FN/c1-5-11-21-18(17-7-6-10-19(17,3)4)13-15-12-16(20)9-8-14(15)2/h8-9,12,17-18,21H,5-7,10-11,13H2,1-4H3. The van der Waals surface area contributed by atoms with Crippen LogP contribution in [0.25, 0.3) is 0 Å². The third-order valence-electron chi connectivity index (χ3n) is 5.23. The zero-order valence-corrected chi connectivity index (χ0v) is 14.0. The van der Waals surface area contributed by atoms with E-state index in [0.717, 1.165) is 24.9 Å². The van der Waals surface area contributed by atoms with Crippen LogP contribution >= 0.6 is 0 Å². The minimum absolute atomic E-state index is 0.115.